The fourth-order valence-electron chi connectivity index (χ4n) is 1.74. The van der Waals surface area contributed by atoms with Crippen molar-refractivity contribution in [3.63, 3.8) is 0 Å². The standard InChI is InChI=1S/C14H12BrFIN/c15-12-8-10(3-6-13(12)16)14(18)7-9-1-4-11(17)5-2-9/h1-6,8,14H,7,18H2. The average Bonchev–Trinajstić information content (AvgIpc) is 2.35. The molecule has 0 amide bonds. The molecule has 0 spiro atoms. The minimum absolute atomic E-state index is 0.123. The molecule has 94 valence electrons. The van der Waals surface area contributed by atoms with Gasteiger partial charge in [-0.25, -0.2) is 4.39 Å². The second-order valence-electron chi connectivity index (χ2n) is 4.11. The first-order valence-corrected chi connectivity index (χ1v) is 7.38. The second-order valence-corrected chi connectivity index (χ2v) is 6.21. The van der Waals surface area contributed by atoms with Gasteiger partial charge in [0.1, 0.15) is 5.82 Å². The Labute approximate surface area is 128 Å². The highest BCUT2D eigenvalue weighted by atomic mass is 127. The molecule has 0 aliphatic rings. The van der Waals surface area contributed by atoms with Crippen molar-refractivity contribution in [2.45, 2.75) is 12.5 Å². The Balaban J connectivity index is 2.13. The summed E-state index contributed by atoms with van der Waals surface area (Å²) in [7, 11) is 0. The highest BCUT2D eigenvalue weighted by Gasteiger charge is 2.09. The summed E-state index contributed by atoms with van der Waals surface area (Å²) < 4.78 is 14.8. The highest BCUT2D eigenvalue weighted by molar-refractivity contribution is 14.1. The molecular weight excluding hydrogens is 408 g/mol. The van der Waals surface area contributed by atoms with Crippen LogP contribution in [-0.2, 0) is 6.42 Å². The zero-order chi connectivity index (χ0) is 13.1. The summed E-state index contributed by atoms with van der Waals surface area (Å²) in [6.45, 7) is 0. The minimum Gasteiger partial charge on any atom is -0.324 e. The molecule has 1 unspecified atom stereocenters. The van der Waals surface area contributed by atoms with Crippen LogP contribution < -0.4 is 5.73 Å². The van der Waals surface area contributed by atoms with Gasteiger partial charge in [-0.3, -0.25) is 0 Å². The van der Waals surface area contributed by atoms with E-state index in [0.29, 0.717) is 4.47 Å². The molecule has 0 fully saturated rings. The van der Waals surface area contributed by atoms with Crippen molar-refractivity contribution in [2.24, 2.45) is 5.73 Å². The molecule has 2 N–H and O–H groups in total. The predicted octanol–water partition coefficient (Wildman–Crippen LogP) is 4.44. The van der Waals surface area contributed by atoms with E-state index in [1.165, 1.54) is 15.2 Å². The van der Waals surface area contributed by atoms with Crippen LogP contribution in [0.15, 0.2) is 46.9 Å². The first-order chi connectivity index (χ1) is 8.56. The van der Waals surface area contributed by atoms with Crippen LogP contribution in [0.1, 0.15) is 17.2 Å². The van der Waals surface area contributed by atoms with Crippen LogP contribution in [0.25, 0.3) is 0 Å². The zero-order valence-electron chi connectivity index (χ0n) is 9.54. The lowest BCUT2D eigenvalue weighted by Gasteiger charge is -2.13. The Morgan fingerprint density at radius 2 is 1.83 bits per heavy atom. The van der Waals surface area contributed by atoms with Gasteiger partial charge in [0, 0.05) is 9.61 Å². The van der Waals surface area contributed by atoms with Gasteiger partial charge in [-0.05, 0) is 80.3 Å². The molecule has 4 heteroatoms. The maximum Gasteiger partial charge on any atom is 0.137 e. The molecule has 0 radical (unpaired) electrons. The summed E-state index contributed by atoms with van der Waals surface area (Å²) in [6, 6.07) is 13.0. The van der Waals surface area contributed by atoms with E-state index in [9.17, 15) is 4.39 Å². The summed E-state index contributed by atoms with van der Waals surface area (Å²) in [5, 5.41) is 0. The largest absolute Gasteiger partial charge is 0.324 e. The first-order valence-electron chi connectivity index (χ1n) is 5.51. The monoisotopic (exact) mass is 419 g/mol. The minimum atomic E-state index is -0.264. The van der Waals surface area contributed by atoms with Crippen molar-refractivity contribution in [1.82, 2.24) is 0 Å². The van der Waals surface area contributed by atoms with Crippen LogP contribution in [0.4, 0.5) is 4.39 Å². The summed E-state index contributed by atoms with van der Waals surface area (Å²) in [4.78, 5) is 0. The van der Waals surface area contributed by atoms with E-state index in [4.69, 9.17) is 5.73 Å². The smallest absolute Gasteiger partial charge is 0.137 e. The van der Waals surface area contributed by atoms with Gasteiger partial charge in [-0.1, -0.05) is 18.2 Å². The molecule has 0 heterocycles. The van der Waals surface area contributed by atoms with Crippen LogP contribution in [0.3, 0.4) is 0 Å². The van der Waals surface area contributed by atoms with Crippen molar-refractivity contribution >= 4 is 38.5 Å². The van der Waals surface area contributed by atoms with E-state index in [-0.39, 0.29) is 11.9 Å². The van der Waals surface area contributed by atoms with Crippen molar-refractivity contribution in [2.75, 3.05) is 0 Å². The van der Waals surface area contributed by atoms with Crippen molar-refractivity contribution in [1.29, 1.82) is 0 Å². The van der Waals surface area contributed by atoms with Gasteiger partial charge in [0.25, 0.3) is 0 Å². The van der Waals surface area contributed by atoms with Gasteiger partial charge >= 0.3 is 0 Å². The fraction of sp³-hybridized carbons (Fsp3) is 0.143. The zero-order valence-corrected chi connectivity index (χ0v) is 13.3. The molecule has 1 nitrogen and oxygen atoms in total. The highest BCUT2D eigenvalue weighted by Crippen LogP contribution is 2.22. The number of hydrogen-bond acceptors (Lipinski definition) is 1. The SMILES string of the molecule is NC(Cc1ccc(I)cc1)c1ccc(F)c(Br)c1. The van der Waals surface area contributed by atoms with E-state index in [1.54, 1.807) is 12.1 Å². The summed E-state index contributed by atoms with van der Waals surface area (Å²) >= 11 is 5.45. The number of benzene rings is 2. The Bertz CT molecular complexity index is 542. The second kappa shape index (κ2) is 6.12. The molecule has 2 aromatic carbocycles. The Morgan fingerprint density at radius 1 is 1.17 bits per heavy atom. The molecule has 0 bridgehead atoms. The lowest BCUT2D eigenvalue weighted by Crippen LogP contribution is -2.13. The lowest BCUT2D eigenvalue weighted by atomic mass is 10.00. The third-order valence-corrected chi connectivity index (χ3v) is 4.07. The molecule has 0 aromatic heterocycles. The molecule has 1 atom stereocenters. The molecule has 18 heavy (non-hydrogen) atoms. The van der Waals surface area contributed by atoms with E-state index in [1.807, 2.05) is 0 Å². The van der Waals surface area contributed by atoms with Crippen molar-refractivity contribution < 1.29 is 4.39 Å². The lowest BCUT2D eigenvalue weighted by molar-refractivity contribution is 0.617. The normalized spacial score (nSPS) is 12.4. The van der Waals surface area contributed by atoms with Crippen molar-refractivity contribution in [3.05, 3.63) is 67.5 Å². The van der Waals surface area contributed by atoms with Gasteiger partial charge in [-0.15, -0.1) is 0 Å². The van der Waals surface area contributed by atoms with Gasteiger partial charge < -0.3 is 5.73 Å². The third kappa shape index (κ3) is 3.52. The maximum absolute atomic E-state index is 13.1. The number of rotatable bonds is 3. The predicted molar refractivity (Wildman–Crippen MR) is 83.9 cm³/mol. The molecular formula is C14H12BrFIN. The molecule has 0 aliphatic carbocycles. The van der Waals surface area contributed by atoms with E-state index in [2.05, 4.69) is 62.8 Å². The number of nitrogens with two attached hydrogens (primary N) is 1. The number of halogens is 3. The van der Waals surface area contributed by atoms with Crippen molar-refractivity contribution in [3.8, 4) is 0 Å². The van der Waals surface area contributed by atoms with Crippen LogP contribution in [0.2, 0.25) is 0 Å². The molecule has 0 saturated heterocycles. The van der Waals surface area contributed by atoms with Gasteiger partial charge in [0.2, 0.25) is 0 Å². The van der Waals surface area contributed by atoms with Gasteiger partial charge in [0.05, 0.1) is 4.47 Å². The Hall–Kier alpha value is -0.460. The summed E-state index contributed by atoms with van der Waals surface area (Å²) in [6.07, 6.45) is 0.745. The Morgan fingerprint density at radius 3 is 2.44 bits per heavy atom. The average molecular weight is 420 g/mol. The topological polar surface area (TPSA) is 26.0 Å². The van der Waals surface area contributed by atoms with E-state index >= 15 is 0 Å². The van der Waals surface area contributed by atoms with Crippen LogP contribution >= 0.6 is 38.5 Å². The van der Waals surface area contributed by atoms with Gasteiger partial charge in [-0.2, -0.15) is 0 Å². The third-order valence-electron chi connectivity index (χ3n) is 2.74. The molecule has 2 rings (SSSR count). The molecule has 2 aromatic rings. The summed E-state index contributed by atoms with van der Waals surface area (Å²) in [5.41, 5.74) is 8.25. The first kappa shape index (κ1) is 14.0. The van der Waals surface area contributed by atoms with E-state index in [0.717, 1.165) is 12.0 Å². The van der Waals surface area contributed by atoms with Crippen LogP contribution in [-0.4, -0.2) is 0 Å². The number of hydrogen-bond donors (Lipinski definition) is 1. The maximum atomic E-state index is 13.1. The summed E-state index contributed by atoms with van der Waals surface area (Å²) in [5.74, 6) is -0.264. The van der Waals surface area contributed by atoms with Crippen LogP contribution in [0.5, 0.6) is 0 Å². The van der Waals surface area contributed by atoms with Gasteiger partial charge in [0.15, 0.2) is 0 Å². The van der Waals surface area contributed by atoms with E-state index < -0.39 is 0 Å². The van der Waals surface area contributed by atoms with Crippen LogP contribution in [0, 0.1) is 9.39 Å². The quantitative estimate of drug-likeness (QED) is 0.731. The molecule has 0 saturated carbocycles. The Kier molecular flexibility index (Phi) is 4.75. The fourth-order valence-corrected chi connectivity index (χ4v) is 2.49. The molecule has 0 aliphatic heterocycles.